The molecule has 2 aromatic heterocycles. The van der Waals surface area contributed by atoms with E-state index in [1.165, 1.54) is 12.1 Å². The smallest absolute Gasteiger partial charge is 0.270 e. The summed E-state index contributed by atoms with van der Waals surface area (Å²) in [5, 5.41) is 17.6. The monoisotopic (exact) mass is 312 g/mol. The topological polar surface area (TPSA) is 120 Å². The normalized spacial score (nSPS) is 10.7. The maximum Gasteiger partial charge on any atom is 0.270 e. The second-order valence-corrected chi connectivity index (χ2v) is 4.65. The number of hydrogen-bond donors (Lipinski definition) is 1. The van der Waals surface area contributed by atoms with Gasteiger partial charge in [0.15, 0.2) is 0 Å². The van der Waals surface area contributed by atoms with Gasteiger partial charge in [0.25, 0.3) is 11.6 Å². The molecule has 116 valence electrons. The highest BCUT2D eigenvalue weighted by Gasteiger charge is 2.14. The Morgan fingerprint density at radius 1 is 1.26 bits per heavy atom. The molecule has 0 amide bonds. The van der Waals surface area contributed by atoms with Crippen molar-refractivity contribution < 1.29 is 9.45 Å². The molecule has 0 saturated heterocycles. The first kappa shape index (κ1) is 14.7. The lowest BCUT2D eigenvalue weighted by atomic mass is 10.2. The first-order valence-corrected chi connectivity index (χ1v) is 6.72. The van der Waals surface area contributed by atoms with Crippen molar-refractivity contribution in [2.75, 3.05) is 7.05 Å². The van der Waals surface area contributed by atoms with Gasteiger partial charge < -0.3 is 9.84 Å². The Morgan fingerprint density at radius 3 is 2.74 bits per heavy atom. The Hall–Kier alpha value is -3.20. The minimum atomic E-state index is -0.473. The molecule has 0 unspecified atom stereocenters. The standard InChI is InChI=1S/C14H12N6O3/c1-15-8-12-16-6-10(7-17-12)14-18-13(19-23-14)9-3-2-4-11(5-9)20(21)22/h2-7,15H,8H2,1H3. The Labute approximate surface area is 130 Å². The zero-order chi connectivity index (χ0) is 16.2. The van der Waals surface area contributed by atoms with Gasteiger partial charge in [0, 0.05) is 30.1 Å². The summed E-state index contributed by atoms with van der Waals surface area (Å²) in [6.07, 6.45) is 3.18. The SMILES string of the molecule is CNCc1ncc(-c2nc(-c3cccc([N+](=O)[O-])c3)no2)cn1. The van der Waals surface area contributed by atoms with Crippen LogP contribution < -0.4 is 5.32 Å². The Bertz CT molecular complexity index is 831. The Balaban J connectivity index is 1.88. The van der Waals surface area contributed by atoms with Gasteiger partial charge in [0.1, 0.15) is 5.82 Å². The maximum absolute atomic E-state index is 10.8. The van der Waals surface area contributed by atoms with Crippen molar-refractivity contribution in [3.63, 3.8) is 0 Å². The first-order chi connectivity index (χ1) is 11.2. The third-order valence-electron chi connectivity index (χ3n) is 3.03. The zero-order valence-corrected chi connectivity index (χ0v) is 12.1. The Morgan fingerprint density at radius 2 is 2.04 bits per heavy atom. The predicted octanol–water partition coefficient (Wildman–Crippen LogP) is 1.82. The number of nitro benzene ring substituents is 1. The van der Waals surface area contributed by atoms with Gasteiger partial charge in [-0.3, -0.25) is 10.1 Å². The average molecular weight is 312 g/mol. The molecule has 1 aromatic carbocycles. The van der Waals surface area contributed by atoms with Crippen LogP contribution in [0.25, 0.3) is 22.8 Å². The molecule has 0 radical (unpaired) electrons. The number of rotatable bonds is 5. The Kier molecular flexibility index (Phi) is 4.02. The summed E-state index contributed by atoms with van der Waals surface area (Å²) in [5.41, 5.74) is 1.05. The van der Waals surface area contributed by atoms with Crippen molar-refractivity contribution in [2.45, 2.75) is 6.54 Å². The van der Waals surface area contributed by atoms with Gasteiger partial charge in [-0.15, -0.1) is 0 Å². The second-order valence-electron chi connectivity index (χ2n) is 4.65. The molecule has 0 aliphatic carbocycles. The predicted molar refractivity (Wildman–Crippen MR) is 80.2 cm³/mol. The lowest BCUT2D eigenvalue weighted by Gasteiger charge is -1.98. The molecule has 23 heavy (non-hydrogen) atoms. The van der Waals surface area contributed by atoms with Crippen molar-refractivity contribution >= 4 is 5.69 Å². The first-order valence-electron chi connectivity index (χ1n) is 6.72. The summed E-state index contributed by atoms with van der Waals surface area (Å²) >= 11 is 0. The van der Waals surface area contributed by atoms with E-state index in [0.717, 1.165) is 0 Å². The van der Waals surface area contributed by atoms with E-state index < -0.39 is 4.92 Å². The van der Waals surface area contributed by atoms with Crippen LogP contribution in [0.5, 0.6) is 0 Å². The van der Waals surface area contributed by atoms with Crippen LogP contribution in [0.4, 0.5) is 5.69 Å². The van der Waals surface area contributed by atoms with E-state index >= 15 is 0 Å². The van der Waals surface area contributed by atoms with E-state index in [1.807, 2.05) is 0 Å². The summed E-state index contributed by atoms with van der Waals surface area (Å²) in [4.78, 5) is 22.9. The molecule has 3 rings (SSSR count). The lowest BCUT2D eigenvalue weighted by molar-refractivity contribution is -0.384. The molecule has 3 aromatic rings. The summed E-state index contributed by atoms with van der Waals surface area (Å²) in [6, 6.07) is 6.03. The third-order valence-corrected chi connectivity index (χ3v) is 3.03. The molecule has 0 fully saturated rings. The summed E-state index contributed by atoms with van der Waals surface area (Å²) in [7, 11) is 1.81. The minimum Gasteiger partial charge on any atom is -0.333 e. The van der Waals surface area contributed by atoms with Crippen LogP contribution in [-0.4, -0.2) is 32.1 Å². The molecule has 9 nitrogen and oxygen atoms in total. The number of nitrogens with zero attached hydrogens (tertiary/aromatic N) is 5. The average Bonchev–Trinajstić information content (AvgIpc) is 3.06. The van der Waals surface area contributed by atoms with Crippen LogP contribution >= 0.6 is 0 Å². The van der Waals surface area contributed by atoms with Crippen LogP contribution in [0.1, 0.15) is 5.82 Å². The molecule has 0 saturated carbocycles. The van der Waals surface area contributed by atoms with Gasteiger partial charge >= 0.3 is 0 Å². The second kappa shape index (κ2) is 6.28. The van der Waals surface area contributed by atoms with Crippen molar-refractivity contribution in [3.8, 4) is 22.8 Å². The van der Waals surface area contributed by atoms with E-state index in [0.29, 0.717) is 23.5 Å². The van der Waals surface area contributed by atoms with Crippen molar-refractivity contribution in [2.24, 2.45) is 0 Å². The number of non-ortho nitro benzene ring substituents is 1. The molecule has 0 aliphatic heterocycles. The molecule has 9 heteroatoms. The zero-order valence-electron chi connectivity index (χ0n) is 12.1. The van der Waals surface area contributed by atoms with Gasteiger partial charge in [0.05, 0.1) is 17.0 Å². The van der Waals surface area contributed by atoms with Gasteiger partial charge in [-0.1, -0.05) is 17.3 Å². The third kappa shape index (κ3) is 3.19. The van der Waals surface area contributed by atoms with Crippen LogP contribution in [-0.2, 0) is 6.54 Å². The van der Waals surface area contributed by atoms with E-state index in [2.05, 4.69) is 25.4 Å². The molecular formula is C14H12N6O3. The fraction of sp³-hybridized carbons (Fsp3) is 0.143. The highest BCUT2D eigenvalue weighted by molar-refractivity contribution is 5.61. The maximum atomic E-state index is 10.8. The van der Waals surface area contributed by atoms with E-state index in [9.17, 15) is 10.1 Å². The van der Waals surface area contributed by atoms with Gasteiger partial charge in [-0.05, 0) is 7.05 Å². The summed E-state index contributed by atoms with van der Waals surface area (Å²) in [5.74, 6) is 1.17. The van der Waals surface area contributed by atoms with E-state index in [1.54, 1.807) is 31.6 Å². The number of aromatic nitrogens is 4. The largest absolute Gasteiger partial charge is 0.333 e. The number of nitro groups is 1. The quantitative estimate of drug-likeness (QED) is 0.559. The minimum absolute atomic E-state index is 0.0337. The van der Waals surface area contributed by atoms with Crippen LogP contribution in [0.2, 0.25) is 0 Å². The molecule has 0 spiro atoms. The van der Waals surface area contributed by atoms with Crippen molar-refractivity contribution in [3.05, 3.63) is 52.6 Å². The summed E-state index contributed by atoms with van der Waals surface area (Å²) < 4.78 is 5.18. The number of benzene rings is 1. The van der Waals surface area contributed by atoms with Crippen LogP contribution in [0, 0.1) is 10.1 Å². The van der Waals surface area contributed by atoms with E-state index in [-0.39, 0.29) is 17.4 Å². The molecule has 0 atom stereocenters. The fourth-order valence-corrected chi connectivity index (χ4v) is 1.93. The fourth-order valence-electron chi connectivity index (χ4n) is 1.93. The van der Waals surface area contributed by atoms with Crippen molar-refractivity contribution in [1.29, 1.82) is 0 Å². The molecule has 0 aliphatic rings. The van der Waals surface area contributed by atoms with Gasteiger partial charge in [-0.2, -0.15) is 4.98 Å². The highest BCUT2D eigenvalue weighted by atomic mass is 16.6. The summed E-state index contributed by atoms with van der Waals surface area (Å²) in [6.45, 7) is 0.559. The lowest BCUT2D eigenvalue weighted by Crippen LogP contribution is -2.08. The van der Waals surface area contributed by atoms with Crippen LogP contribution in [0.15, 0.2) is 41.2 Å². The number of nitrogens with one attached hydrogen (secondary N) is 1. The number of hydrogen-bond acceptors (Lipinski definition) is 8. The molecule has 2 heterocycles. The van der Waals surface area contributed by atoms with E-state index in [4.69, 9.17) is 4.52 Å². The van der Waals surface area contributed by atoms with Crippen molar-refractivity contribution in [1.82, 2.24) is 25.4 Å². The van der Waals surface area contributed by atoms with Crippen LogP contribution in [0.3, 0.4) is 0 Å². The molecular weight excluding hydrogens is 300 g/mol. The van der Waals surface area contributed by atoms with Gasteiger partial charge in [-0.25, -0.2) is 9.97 Å². The molecule has 0 bridgehead atoms. The highest BCUT2D eigenvalue weighted by Crippen LogP contribution is 2.24. The van der Waals surface area contributed by atoms with Gasteiger partial charge in [0.2, 0.25) is 5.82 Å². The molecule has 1 N–H and O–H groups in total.